The molecule has 2 amide bonds. The van der Waals surface area contributed by atoms with Gasteiger partial charge in [-0.1, -0.05) is 57.2 Å². The molecule has 0 saturated carbocycles. The van der Waals surface area contributed by atoms with Crippen LogP contribution < -0.4 is 10.6 Å². The number of nitrogens with one attached hydrogen (secondary N) is 2. The van der Waals surface area contributed by atoms with Crippen LogP contribution in [-0.4, -0.2) is 22.6 Å². The highest BCUT2D eigenvalue weighted by atomic mass is 32.1. The molecule has 0 fully saturated rings. The maximum atomic E-state index is 13.7. The summed E-state index contributed by atoms with van der Waals surface area (Å²) in [6, 6.07) is 23.1. The first-order valence-electron chi connectivity index (χ1n) is 14.8. The Kier molecular flexibility index (Phi) is 8.19. The van der Waals surface area contributed by atoms with Gasteiger partial charge in [0, 0.05) is 45.1 Å². The molecule has 2 aromatic heterocycles. The van der Waals surface area contributed by atoms with Crippen molar-refractivity contribution in [1.82, 2.24) is 4.57 Å². The van der Waals surface area contributed by atoms with Crippen LogP contribution in [0.5, 0.6) is 0 Å². The second-order valence-corrected chi connectivity index (χ2v) is 13.4. The van der Waals surface area contributed by atoms with Crippen LogP contribution in [0.4, 0.5) is 20.8 Å². The van der Waals surface area contributed by atoms with Crippen LogP contribution in [0, 0.1) is 17.2 Å². The number of rotatable bonds is 7. The Bertz CT molecular complexity index is 1850. The van der Waals surface area contributed by atoms with Crippen LogP contribution in [0.2, 0.25) is 0 Å². The summed E-state index contributed by atoms with van der Waals surface area (Å²) in [6.07, 6.45) is 6.53. The third-order valence-electron chi connectivity index (χ3n) is 8.31. The number of benzene rings is 3. The summed E-state index contributed by atoms with van der Waals surface area (Å²) >= 11 is 1.61. The molecule has 8 heteroatoms. The second-order valence-electron chi connectivity index (χ2n) is 12.4. The molecule has 0 saturated heterocycles. The number of amides is 2. The molecule has 2 N–H and O–H groups in total. The quantitative estimate of drug-likeness (QED) is 0.182. The topological polar surface area (TPSA) is 75.5 Å². The normalized spacial score (nSPS) is 15.0. The first-order valence-corrected chi connectivity index (χ1v) is 15.7. The van der Waals surface area contributed by atoms with E-state index < -0.39 is 0 Å². The van der Waals surface area contributed by atoms with Crippen LogP contribution in [0.1, 0.15) is 53.6 Å². The molecule has 6 rings (SSSR count). The minimum Gasteiger partial charge on any atom is -0.337 e. The van der Waals surface area contributed by atoms with Gasteiger partial charge in [0.05, 0.1) is 5.56 Å². The average Bonchev–Trinajstić information content (AvgIpc) is 3.54. The van der Waals surface area contributed by atoms with Gasteiger partial charge in [-0.25, -0.2) is 9.38 Å². The summed E-state index contributed by atoms with van der Waals surface area (Å²) in [7, 11) is 0. The molecule has 2 heterocycles. The molecule has 5 aromatic rings. The molecule has 0 bridgehead atoms. The number of halogens is 1. The lowest BCUT2D eigenvalue weighted by Crippen LogP contribution is -2.27. The third-order valence-corrected chi connectivity index (χ3v) is 9.47. The van der Waals surface area contributed by atoms with Gasteiger partial charge < -0.3 is 15.2 Å². The molecule has 0 spiro atoms. The molecule has 44 heavy (non-hydrogen) atoms. The summed E-state index contributed by atoms with van der Waals surface area (Å²) < 4.78 is 15.2. The Morgan fingerprint density at radius 2 is 1.68 bits per heavy atom. The van der Waals surface area contributed by atoms with E-state index in [9.17, 15) is 14.0 Å². The van der Waals surface area contributed by atoms with Crippen molar-refractivity contribution in [2.24, 2.45) is 16.3 Å². The highest BCUT2D eigenvalue weighted by Gasteiger charge is 2.33. The van der Waals surface area contributed by atoms with Crippen LogP contribution >= 0.6 is 11.3 Å². The van der Waals surface area contributed by atoms with Gasteiger partial charge in [-0.15, -0.1) is 11.3 Å². The van der Waals surface area contributed by atoms with Gasteiger partial charge in [-0.05, 0) is 78.6 Å². The summed E-state index contributed by atoms with van der Waals surface area (Å²) in [5, 5.41) is 7.56. The van der Waals surface area contributed by atoms with Crippen LogP contribution in [-0.2, 0) is 24.2 Å². The standard InChI is InChI=1S/C36H35FN4O2S/c1-36(2,3)24-13-18-29-31(19-24)44-35(33(29)34(43)40-26-9-5-4-6-10-26)38-20-23-21-41(30-12-8-7-11-28(23)30)22-32(42)39-27-16-14-25(37)15-17-27/h4-12,14-17,20-21,24H,13,18-19,22H2,1-3H3,(H,39,42)(H,40,43)/t24-/m0/s1. The Morgan fingerprint density at radius 1 is 0.977 bits per heavy atom. The molecule has 1 aliphatic rings. The molecule has 0 aliphatic heterocycles. The highest BCUT2D eigenvalue weighted by Crippen LogP contribution is 2.45. The van der Waals surface area contributed by atoms with Crippen LogP contribution in [0.3, 0.4) is 0 Å². The van der Waals surface area contributed by atoms with Crippen molar-refractivity contribution in [3.63, 3.8) is 0 Å². The number of aromatic nitrogens is 1. The zero-order chi connectivity index (χ0) is 30.8. The van der Waals surface area contributed by atoms with Crippen LogP contribution in [0.15, 0.2) is 90.1 Å². The number of aliphatic imine (C=N–C) groups is 1. The van der Waals surface area contributed by atoms with E-state index in [2.05, 4.69) is 31.4 Å². The minimum atomic E-state index is -0.357. The van der Waals surface area contributed by atoms with Gasteiger partial charge >= 0.3 is 0 Å². The van der Waals surface area contributed by atoms with Gasteiger partial charge in [0.2, 0.25) is 5.91 Å². The lowest BCUT2D eigenvalue weighted by molar-refractivity contribution is -0.116. The van der Waals surface area contributed by atoms with Crippen molar-refractivity contribution in [3.8, 4) is 0 Å². The number of fused-ring (bicyclic) bond motifs is 2. The van der Waals surface area contributed by atoms with E-state index in [0.717, 1.165) is 47.0 Å². The summed E-state index contributed by atoms with van der Waals surface area (Å²) in [6.45, 7) is 6.94. The number of carbonyl (C=O) groups is 2. The van der Waals surface area contributed by atoms with Gasteiger partial charge in [0.15, 0.2) is 0 Å². The summed E-state index contributed by atoms with van der Waals surface area (Å²) in [5.74, 6) is -0.186. The monoisotopic (exact) mass is 606 g/mol. The zero-order valence-corrected chi connectivity index (χ0v) is 25.9. The number of anilines is 2. The maximum Gasteiger partial charge on any atom is 0.259 e. The molecule has 0 radical (unpaired) electrons. The van der Waals surface area contributed by atoms with E-state index in [4.69, 9.17) is 4.99 Å². The fourth-order valence-corrected chi connectivity index (χ4v) is 7.14. The Morgan fingerprint density at radius 3 is 2.43 bits per heavy atom. The largest absolute Gasteiger partial charge is 0.337 e. The molecular weight excluding hydrogens is 571 g/mol. The van der Waals surface area contributed by atoms with Crippen molar-refractivity contribution in [3.05, 3.63) is 112 Å². The van der Waals surface area contributed by atoms with E-state index in [1.165, 1.54) is 29.1 Å². The number of hydrogen-bond donors (Lipinski definition) is 2. The van der Waals surface area contributed by atoms with Gasteiger partial charge in [0.25, 0.3) is 5.91 Å². The summed E-state index contributed by atoms with van der Waals surface area (Å²) in [4.78, 5) is 32.8. The predicted octanol–water partition coefficient (Wildman–Crippen LogP) is 8.63. The van der Waals surface area contributed by atoms with Crippen LogP contribution in [0.25, 0.3) is 10.9 Å². The number of nitrogens with zero attached hydrogens (tertiary/aromatic N) is 2. The Hall–Kier alpha value is -4.56. The van der Waals surface area contributed by atoms with Gasteiger partial charge in [-0.2, -0.15) is 0 Å². The number of thiophene rings is 1. The first kappa shape index (κ1) is 29.5. The minimum absolute atomic E-state index is 0.0813. The SMILES string of the molecule is CC(C)(C)[C@H]1CCc2c(sc(N=Cc3cn(CC(=O)Nc4ccc(F)cc4)c4ccccc34)c2C(=O)Nc2ccccc2)C1. The van der Waals surface area contributed by atoms with E-state index in [1.54, 1.807) is 17.6 Å². The summed E-state index contributed by atoms with van der Waals surface area (Å²) in [5.41, 5.74) is 4.97. The van der Waals surface area contributed by atoms with Crippen molar-refractivity contribution >= 4 is 56.6 Å². The molecule has 1 aliphatic carbocycles. The predicted molar refractivity (Wildman–Crippen MR) is 178 cm³/mol. The Labute approximate surface area is 260 Å². The zero-order valence-electron chi connectivity index (χ0n) is 25.1. The van der Waals surface area contributed by atoms with Gasteiger partial charge in [0.1, 0.15) is 17.4 Å². The molecule has 3 aromatic carbocycles. The molecule has 1 atom stereocenters. The lowest BCUT2D eigenvalue weighted by Gasteiger charge is -2.33. The smallest absolute Gasteiger partial charge is 0.259 e. The molecule has 224 valence electrons. The van der Waals surface area contributed by atoms with Crippen molar-refractivity contribution in [1.29, 1.82) is 0 Å². The maximum absolute atomic E-state index is 13.7. The van der Waals surface area contributed by atoms with E-state index in [1.807, 2.05) is 65.4 Å². The second kappa shape index (κ2) is 12.2. The van der Waals surface area contributed by atoms with E-state index >= 15 is 0 Å². The molecular formula is C36H35FN4O2S. The lowest BCUT2D eigenvalue weighted by atomic mass is 9.72. The fraction of sp³-hybridized carbons (Fsp3) is 0.250. The number of carbonyl (C=O) groups excluding carboxylic acids is 2. The molecule has 0 unspecified atom stereocenters. The Balaban J connectivity index is 1.32. The van der Waals surface area contributed by atoms with E-state index in [0.29, 0.717) is 22.2 Å². The van der Waals surface area contributed by atoms with Gasteiger partial charge in [-0.3, -0.25) is 9.59 Å². The van der Waals surface area contributed by atoms with Crippen molar-refractivity contribution < 1.29 is 14.0 Å². The number of para-hydroxylation sites is 2. The molecule has 6 nitrogen and oxygen atoms in total. The van der Waals surface area contributed by atoms with E-state index in [-0.39, 0.29) is 29.6 Å². The fourth-order valence-electron chi connectivity index (χ4n) is 5.88. The third kappa shape index (κ3) is 6.36. The van der Waals surface area contributed by atoms with Crippen molar-refractivity contribution in [2.75, 3.05) is 10.6 Å². The number of hydrogen-bond acceptors (Lipinski definition) is 4. The average molecular weight is 607 g/mol. The highest BCUT2D eigenvalue weighted by molar-refractivity contribution is 7.16. The van der Waals surface area contributed by atoms with Crippen molar-refractivity contribution in [2.45, 2.75) is 46.6 Å². The first-order chi connectivity index (χ1) is 21.2.